The van der Waals surface area contributed by atoms with Gasteiger partial charge in [0.1, 0.15) is 0 Å². The largest absolute Gasteiger partial charge is 0.395 e. The van der Waals surface area contributed by atoms with Crippen molar-refractivity contribution in [2.45, 2.75) is 39.3 Å². The Morgan fingerprint density at radius 1 is 1.32 bits per heavy atom. The molecule has 1 saturated heterocycles. The lowest BCUT2D eigenvalue weighted by Gasteiger charge is -2.31. The quantitative estimate of drug-likeness (QED) is 0.885. The van der Waals surface area contributed by atoms with Gasteiger partial charge in [0.2, 0.25) is 0 Å². The van der Waals surface area contributed by atoms with Crippen molar-refractivity contribution in [1.82, 2.24) is 4.90 Å². The molecule has 19 heavy (non-hydrogen) atoms. The highest BCUT2D eigenvalue weighted by atomic mass is 16.3. The minimum atomic E-state index is 0.220. The molecule has 2 atom stereocenters. The van der Waals surface area contributed by atoms with Crippen molar-refractivity contribution in [3.05, 3.63) is 29.3 Å². The molecular weight excluding hydrogens is 236 g/mol. The van der Waals surface area contributed by atoms with Crippen LogP contribution in [0, 0.1) is 13.8 Å². The van der Waals surface area contributed by atoms with Crippen LogP contribution < -0.4 is 4.90 Å². The molecule has 3 heteroatoms. The lowest BCUT2D eigenvalue weighted by atomic mass is 10.1. The van der Waals surface area contributed by atoms with Crippen LogP contribution in [-0.2, 0) is 0 Å². The fraction of sp³-hybridized carbons (Fsp3) is 0.625. The van der Waals surface area contributed by atoms with Crippen LogP contribution in [0.1, 0.15) is 24.5 Å². The first-order valence-electron chi connectivity index (χ1n) is 7.18. The normalized spacial score (nSPS) is 25.4. The zero-order valence-corrected chi connectivity index (χ0v) is 12.6. The molecule has 1 aromatic rings. The molecule has 106 valence electrons. The summed E-state index contributed by atoms with van der Waals surface area (Å²) < 4.78 is 0. The van der Waals surface area contributed by atoms with Crippen molar-refractivity contribution in [2.75, 3.05) is 31.6 Å². The van der Waals surface area contributed by atoms with E-state index in [2.05, 4.69) is 55.8 Å². The Kier molecular flexibility index (Phi) is 4.48. The van der Waals surface area contributed by atoms with Crippen LogP contribution in [0.4, 0.5) is 5.69 Å². The molecule has 1 aromatic carbocycles. The summed E-state index contributed by atoms with van der Waals surface area (Å²) in [6, 6.07) is 7.23. The lowest BCUT2D eigenvalue weighted by molar-refractivity contribution is 0.127. The lowest BCUT2D eigenvalue weighted by Crippen LogP contribution is -2.44. The Morgan fingerprint density at radius 2 is 2.05 bits per heavy atom. The smallest absolute Gasteiger partial charge is 0.0604 e. The highest BCUT2D eigenvalue weighted by Crippen LogP contribution is 2.26. The predicted octanol–water partition coefficient (Wildman–Crippen LogP) is 2.19. The van der Waals surface area contributed by atoms with E-state index in [1.807, 2.05) is 0 Å². The van der Waals surface area contributed by atoms with E-state index in [1.165, 1.54) is 16.8 Å². The van der Waals surface area contributed by atoms with E-state index < -0.39 is 0 Å². The molecule has 1 fully saturated rings. The van der Waals surface area contributed by atoms with E-state index in [4.69, 9.17) is 0 Å². The van der Waals surface area contributed by atoms with Gasteiger partial charge in [-0.05, 0) is 51.4 Å². The summed E-state index contributed by atoms with van der Waals surface area (Å²) >= 11 is 0. The van der Waals surface area contributed by atoms with Crippen LogP contribution >= 0.6 is 0 Å². The summed E-state index contributed by atoms with van der Waals surface area (Å²) in [5, 5.41) is 9.62. The van der Waals surface area contributed by atoms with Gasteiger partial charge in [0.05, 0.1) is 12.6 Å². The maximum Gasteiger partial charge on any atom is 0.0604 e. The van der Waals surface area contributed by atoms with Crippen LogP contribution in [0.15, 0.2) is 18.2 Å². The van der Waals surface area contributed by atoms with Crippen LogP contribution in [0.3, 0.4) is 0 Å². The third-order valence-electron chi connectivity index (χ3n) is 4.65. The number of benzene rings is 1. The molecule has 1 heterocycles. The van der Waals surface area contributed by atoms with Crippen molar-refractivity contribution in [3.8, 4) is 0 Å². The molecule has 0 aliphatic carbocycles. The number of likely N-dealkylation sites (N-methyl/N-ethyl adjacent to an activating group) is 1. The Hall–Kier alpha value is -1.06. The predicted molar refractivity (Wildman–Crippen MR) is 80.8 cm³/mol. The zero-order valence-electron chi connectivity index (χ0n) is 12.6. The molecule has 0 radical (unpaired) electrons. The van der Waals surface area contributed by atoms with E-state index >= 15 is 0 Å². The summed E-state index contributed by atoms with van der Waals surface area (Å²) in [5.41, 5.74) is 4.01. The number of nitrogens with zero attached hydrogens (tertiary/aromatic N) is 2. The number of hydrogen-bond acceptors (Lipinski definition) is 3. The second kappa shape index (κ2) is 5.93. The summed E-state index contributed by atoms with van der Waals surface area (Å²) in [7, 11) is 2.12. The van der Waals surface area contributed by atoms with Crippen molar-refractivity contribution in [1.29, 1.82) is 0 Å². The topological polar surface area (TPSA) is 26.7 Å². The number of rotatable bonds is 2. The van der Waals surface area contributed by atoms with E-state index in [-0.39, 0.29) is 12.6 Å². The van der Waals surface area contributed by atoms with Gasteiger partial charge >= 0.3 is 0 Å². The number of aliphatic hydroxyl groups excluding tert-OH is 1. The second-order valence-corrected chi connectivity index (χ2v) is 5.80. The number of aliphatic hydroxyl groups is 1. The van der Waals surface area contributed by atoms with Crippen molar-refractivity contribution >= 4 is 5.69 Å². The molecule has 0 spiro atoms. The molecule has 1 aliphatic heterocycles. The van der Waals surface area contributed by atoms with Crippen LogP contribution in [-0.4, -0.2) is 48.8 Å². The number of aryl methyl sites for hydroxylation is 1. The molecule has 0 amide bonds. The molecule has 0 saturated carbocycles. The van der Waals surface area contributed by atoms with Crippen LogP contribution in [0.25, 0.3) is 0 Å². The molecule has 1 N–H and O–H groups in total. The van der Waals surface area contributed by atoms with E-state index in [9.17, 15) is 5.11 Å². The van der Waals surface area contributed by atoms with Gasteiger partial charge in [-0.25, -0.2) is 0 Å². The highest BCUT2D eigenvalue weighted by Gasteiger charge is 2.26. The average Bonchev–Trinajstić information content (AvgIpc) is 2.54. The molecule has 3 nitrogen and oxygen atoms in total. The minimum Gasteiger partial charge on any atom is -0.395 e. The first kappa shape index (κ1) is 14.4. The fourth-order valence-corrected chi connectivity index (χ4v) is 2.86. The van der Waals surface area contributed by atoms with Gasteiger partial charge in [0, 0.05) is 24.8 Å². The summed E-state index contributed by atoms with van der Waals surface area (Å²) in [5.74, 6) is 0. The van der Waals surface area contributed by atoms with E-state index in [0.29, 0.717) is 6.04 Å². The van der Waals surface area contributed by atoms with E-state index in [0.717, 1.165) is 19.5 Å². The molecule has 0 aromatic heterocycles. The third kappa shape index (κ3) is 2.93. The second-order valence-electron chi connectivity index (χ2n) is 5.80. The summed E-state index contributed by atoms with van der Waals surface area (Å²) in [6.45, 7) is 8.79. The monoisotopic (exact) mass is 262 g/mol. The number of anilines is 1. The van der Waals surface area contributed by atoms with Gasteiger partial charge in [0.15, 0.2) is 0 Å². The zero-order chi connectivity index (χ0) is 14.0. The van der Waals surface area contributed by atoms with Crippen molar-refractivity contribution in [3.63, 3.8) is 0 Å². The highest BCUT2D eigenvalue weighted by molar-refractivity contribution is 5.56. The standard InChI is InChI=1S/C16H26N2O/c1-12-6-5-7-16(14(12)3)18-9-8-13(2)17(4)15(10-18)11-19/h5-7,13,15,19H,8-11H2,1-4H3. The van der Waals surface area contributed by atoms with Gasteiger partial charge in [-0.15, -0.1) is 0 Å². The van der Waals surface area contributed by atoms with Gasteiger partial charge in [-0.3, -0.25) is 4.90 Å². The Morgan fingerprint density at radius 3 is 2.74 bits per heavy atom. The Labute approximate surface area is 116 Å². The van der Waals surface area contributed by atoms with Gasteiger partial charge < -0.3 is 10.0 Å². The van der Waals surface area contributed by atoms with Gasteiger partial charge in [-0.1, -0.05) is 12.1 Å². The van der Waals surface area contributed by atoms with Gasteiger partial charge in [-0.2, -0.15) is 0 Å². The number of hydrogen-bond donors (Lipinski definition) is 1. The molecule has 2 rings (SSSR count). The summed E-state index contributed by atoms with van der Waals surface area (Å²) in [4.78, 5) is 4.74. The van der Waals surface area contributed by atoms with Crippen molar-refractivity contribution in [2.24, 2.45) is 0 Å². The minimum absolute atomic E-state index is 0.220. The Balaban J connectivity index is 2.27. The van der Waals surface area contributed by atoms with E-state index in [1.54, 1.807) is 0 Å². The van der Waals surface area contributed by atoms with Crippen LogP contribution in [0.2, 0.25) is 0 Å². The Bertz CT molecular complexity index is 433. The first-order valence-corrected chi connectivity index (χ1v) is 7.18. The SMILES string of the molecule is Cc1cccc(N2CCC(C)N(C)C(CO)C2)c1C. The van der Waals surface area contributed by atoms with Gasteiger partial charge in [0.25, 0.3) is 0 Å². The maximum atomic E-state index is 9.62. The maximum absolute atomic E-state index is 9.62. The molecular formula is C16H26N2O. The third-order valence-corrected chi connectivity index (χ3v) is 4.65. The summed E-state index contributed by atoms with van der Waals surface area (Å²) in [6.07, 6.45) is 1.14. The fourth-order valence-electron chi connectivity index (χ4n) is 2.86. The molecule has 1 aliphatic rings. The molecule has 2 unspecified atom stereocenters. The van der Waals surface area contributed by atoms with Crippen molar-refractivity contribution < 1.29 is 5.11 Å². The first-order chi connectivity index (χ1) is 9.04. The van der Waals surface area contributed by atoms with Crippen LogP contribution in [0.5, 0.6) is 0 Å². The average molecular weight is 262 g/mol. The molecule has 0 bridgehead atoms.